The summed E-state index contributed by atoms with van der Waals surface area (Å²) in [5.74, 6) is 0.0807. The Hall–Kier alpha value is -0.810. The Kier molecular flexibility index (Phi) is 3.50. The highest BCUT2D eigenvalue weighted by Gasteiger charge is 2.33. The molecule has 0 bridgehead atoms. The summed E-state index contributed by atoms with van der Waals surface area (Å²) in [5.41, 5.74) is 0. The van der Waals surface area contributed by atoms with Crippen molar-refractivity contribution >= 4 is 6.09 Å². The minimum atomic E-state index is -0.573. The number of ether oxygens (including phenoxy) is 1. The van der Waals surface area contributed by atoms with Crippen molar-refractivity contribution in [2.24, 2.45) is 5.92 Å². The molecule has 0 aliphatic heterocycles. The molecule has 0 aromatic carbocycles. The van der Waals surface area contributed by atoms with Crippen LogP contribution < -0.4 is 5.32 Å². The molecule has 5 nitrogen and oxygen atoms in total. The number of carbonyl (C=O) groups is 1. The minimum Gasteiger partial charge on any atom is -0.453 e. The maximum atomic E-state index is 10.8. The standard InChI is InChI=1S/C8H15NO4/c1-13-8(12)9-6-2-5(4-10)3-7(6)11/h5-7,10-11H,2-4H2,1H3,(H,9,12). The van der Waals surface area contributed by atoms with Crippen LogP contribution in [0.25, 0.3) is 0 Å². The molecule has 0 heterocycles. The van der Waals surface area contributed by atoms with Crippen LogP contribution in [-0.2, 0) is 4.74 Å². The van der Waals surface area contributed by atoms with E-state index in [0.29, 0.717) is 12.8 Å². The fourth-order valence-electron chi connectivity index (χ4n) is 1.63. The van der Waals surface area contributed by atoms with Gasteiger partial charge in [0.1, 0.15) is 0 Å². The Labute approximate surface area is 76.7 Å². The first-order valence-corrected chi connectivity index (χ1v) is 4.30. The van der Waals surface area contributed by atoms with E-state index in [1.807, 2.05) is 0 Å². The SMILES string of the molecule is COC(=O)NC1CC(CO)CC1O. The van der Waals surface area contributed by atoms with Crippen molar-refractivity contribution in [3.05, 3.63) is 0 Å². The third-order valence-electron chi connectivity index (χ3n) is 2.37. The van der Waals surface area contributed by atoms with Gasteiger partial charge < -0.3 is 20.3 Å². The lowest BCUT2D eigenvalue weighted by Gasteiger charge is -2.14. The predicted molar refractivity (Wildman–Crippen MR) is 45.1 cm³/mol. The molecule has 1 saturated carbocycles. The van der Waals surface area contributed by atoms with E-state index in [2.05, 4.69) is 10.1 Å². The molecule has 3 N–H and O–H groups in total. The molecule has 1 aliphatic carbocycles. The van der Waals surface area contributed by atoms with E-state index in [1.165, 1.54) is 7.11 Å². The molecule has 0 spiro atoms. The normalized spacial score (nSPS) is 33.0. The van der Waals surface area contributed by atoms with Crippen LogP contribution in [0.2, 0.25) is 0 Å². The Morgan fingerprint density at radius 2 is 2.31 bits per heavy atom. The third-order valence-corrected chi connectivity index (χ3v) is 2.37. The second-order valence-corrected chi connectivity index (χ2v) is 3.33. The van der Waals surface area contributed by atoms with Crippen molar-refractivity contribution < 1.29 is 19.7 Å². The summed E-state index contributed by atoms with van der Waals surface area (Å²) in [6, 6.07) is -0.287. The second kappa shape index (κ2) is 4.43. The number of hydrogen-bond acceptors (Lipinski definition) is 4. The molecule has 0 radical (unpaired) electrons. The van der Waals surface area contributed by atoms with Crippen LogP contribution in [0.1, 0.15) is 12.8 Å². The van der Waals surface area contributed by atoms with Gasteiger partial charge in [0.2, 0.25) is 0 Å². The summed E-state index contributed by atoms with van der Waals surface area (Å²) in [7, 11) is 1.28. The fourth-order valence-corrected chi connectivity index (χ4v) is 1.63. The Bertz CT molecular complexity index is 185. The van der Waals surface area contributed by atoms with Gasteiger partial charge in [0, 0.05) is 6.61 Å². The largest absolute Gasteiger partial charge is 0.453 e. The molecular formula is C8H15NO4. The molecule has 76 valence electrons. The van der Waals surface area contributed by atoms with E-state index < -0.39 is 12.2 Å². The first-order chi connectivity index (χ1) is 6.17. The smallest absolute Gasteiger partial charge is 0.407 e. The average molecular weight is 189 g/mol. The predicted octanol–water partition coefficient (Wildman–Crippen LogP) is -0.526. The van der Waals surface area contributed by atoms with Gasteiger partial charge in [0.25, 0.3) is 0 Å². The van der Waals surface area contributed by atoms with Gasteiger partial charge in [-0.2, -0.15) is 0 Å². The zero-order chi connectivity index (χ0) is 9.84. The molecule has 1 fully saturated rings. The van der Waals surface area contributed by atoms with Gasteiger partial charge >= 0.3 is 6.09 Å². The fraction of sp³-hybridized carbons (Fsp3) is 0.875. The quantitative estimate of drug-likeness (QED) is 0.546. The summed E-state index contributed by atoms with van der Waals surface area (Å²) < 4.78 is 4.41. The number of amides is 1. The summed E-state index contributed by atoms with van der Waals surface area (Å²) in [4.78, 5) is 10.8. The van der Waals surface area contributed by atoms with Crippen molar-refractivity contribution in [3.63, 3.8) is 0 Å². The Balaban J connectivity index is 2.38. The van der Waals surface area contributed by atoms with Crippen molar-refractivity contribution in [1.82, 2.24) is 5.32 Å². The highest BCUT2D eigenvalue weighted by atomic mass is 16.5. The van der Waals surface area contributed by atoms with Gasteiger partial charge in [-0.25, -0.2) is 4.79 Å². The molecule has 3 unspecified atom stereocenters. The zero-order valence-corrected chi connectivity index (χ0v) is 7.56. The molecule has 1 amide bonds. The van der Waals surface area contributed by atoms with E-state index in [0.717, 1.165) is 0 Å². The molecule has 1 rings (SSSR count). The van der Waals surface area contributed by atoms with Crippen LogP contribution >= 0.6 is 0 Å². The van der Waals surface area contributed by atoms with E-state index in [-0.39, 0.29) is 18.6 Å². The lowest BCUT2D eigenvalue weighted by molar-refractivity contribution is 0.127. The number of hydrogen-bond donors (Lipinski definition) is 3. The number of rotatable bonds is 2. The number of alkyl carbamates (subject to hydrolysis) is 1. The second-order valence-electron chi connectivity index (χ2n) is 3.33. The molecular weight excluding hydrogens is 174 g/mol. The molecule has 0 aromatic rings. The summed E-state index contributed by atoms with van der Waals surface area (Å²) in [6.07, 6.45) is 0.0247. The lowest BCUT2D eigenvalue weighted by atomic mass is 10.1. The maximum absolute atomic E-state index is 10.8. The van der Waals surface area contributed by atoms with Gasteiger partial charge in [-0.05, 0) is 18.8 Å². The van der Waals surface area contributed by atoms with E-state index >= 15 is 0 Å². The minimum absolute atomic E-state index is 0.0520. The van der Waals surface area contributed by atoms with E-state index in [9.17, 15) is 9.90 Å². The Morgan fingerprint density at radius 1 is 1.62 bits per heavy atom. The van der Waals surface area contributed by atoms with Crippen LogP contribution in [0.4, 0.5) is 4.79 Å². The van der Waals surface area contributed by atoms with Crippen LogP contribution in [-0.4, -0.2) is 42.2 Å². The molecule has 5 heteroatoms. The first-order valence-electron chi connectivity index (χ1n) is 4.30. The van der Waals surface area contributed by atoms with Crippen molar-refractivity contribution in [2.75, 3.05) is 13.7 Å². The molecule has 13 heavy (non-hydrogen) atoms. The van der Waals surface area contributed by atoms with E-state index in [4.69, 9.17) is 5.11 Å². The summed E-state index contributed by atoms with van der Waals surface area (Å²) in [5, 5.41) is 20.8. The van der Waals surface area contributed by atoms with Crippen molar-refractivity contribution in [1.29, 1.82) is 0 Å². The Morgan fingerprint density at radius 3 is 2.77 bits per heavy atom. The van der Waals surface area contributed by atoms with Crippen molar-refractivity contribution in [2.45, 2.75) is 25.0 Å². The van der Waals surface area contributed by atoms with Crippen LogP contribution in [0.5, 0.6) is 0 Å². The van der Waals surface area contributed by atoms with Gasteiger partial charge in [-0.1, -0.05) is 0 Å². The molecule has 0 aromatic heterocycles. The number of aliphatic hydroxyl groups excluding tert-OH is 2. The van der Waals surface area contributed by atoms with Gasteiger partial charge in [-0.15, -0.1) is 0 Å². The number of aliphatic hydroxyl groups is 2. The van der Waals surface area contributed by atoms with Gasteiger partial charge in [-0.3, -0.25) is 0 Å². The summed E-state index contributed by atoms with van der Waals surface area (Å²) >= 11 is 0. The van der Waals surface area contributed by atoms with Crippen molar-refractivity contribution in [3.8, 4) is 0 Å². The zero-order valence-electron chi connectivity index (χ0n) is 7.56. The van der Waals surface area contributed by atoms with E-state index in [1.54, 1.807) is 0 Å². The van der Waals surface area contributed by atoms with Crippen LogP contribution in [0.3, 0.4) is 0 Å². The third kappa shape index (κ3) is 2.57. The first kappa shape index (κ1) is 10.3. The number of carbonyl (C=O) groups excluding carboxylic acids is 1. The van der Waals surface area contributed by atoms with Gasteiger partial charge in [0.15, 0.2) is 0 Å². The highest BCUT2D eigenvalue weighted by molar-refractivity contribution is 5.67. The topological polar surface area (TPSA) is 78.8 Å². The monoisotopic (exact) mass is 189 g/mol. The van der Waals surface area contributed by atoms with Crippen LogP contribution in [0, 0.1) is 5.92 Å². The highest BCUT2D eigenvalue weighted by Crippen LogP contribution is 2.25. The molecule has 1 aliphatic rings. The van der Waals surface area contributed by atoms with Gasteiger partial charge in [0.05, 0.1) is 19.3 Å². The molecule has 0 saturated heterocycles. The molecule has 3 atom stereocenters. The van der Waals surface area contributed by atoms with Crippen LogP contribution in [0.15, 0.2) is 0 Å². The number of methoxy groups -OCH3 is 1. The number of nitrogens with one attached hydrogen (secondary N) is 1. The average Bonchev–Trinajstić information content (AvgIpc) is 2.47. The lowest BCUT2D eigenvalue weighted by Crippen LogP contribution is -2.39. The maximum Gasteiger partial charge on any atom is 0.407 e. The summed E-state index contributed by atoms with van der Waals surface area (Å²) in [6.45, 7) is 0.0520.